The Hall–Kier alpha value is -1.87. The first-order valence-electron chi connectivity index (χ1n) is 6.88. The number of nitrogens with one attached hydrogen (secondary N) is 1. The zero-order valence-electron chi connectivity index (χ0n) is 11.8. The summed E-state index contributed by atoms with van der Waals surface area (Å²) in [7, 11) is 0. The van der Waals surface area contributed by atoms with Crippen LogP contribution in [-0.4, -0.2) is 11.7 Å². The van der Waals surface area contributed by atoms with Crippen LogP contribution in [0.2, 0.25) is 0 Å². The molecular weight excluding hydrogens is 264 g/mol. The van der Waals surface area contributed by atoms with E-state index in [1.54, 1.807) is 0 Å². The van der Waals surface area contributed by atoms with Crippen molar-refractivity contribution in [3.05, 3.63) is 59.2 Å². The molecule has 102 valence electrons. The number of aryl methyl sites for hydroxylation is 2. The monoisotopic (exact) mass is 282 g/mol. The van der Waals surface area contributed by atoms with Gasteiger partial charge >= 0.3 is 0 Å². The summed E-state index contributed by atoms with van der Waals surface area (Å²) < 4.78 is 0. The molecule has 1 aliphatic rings. The zero-order chi connectivity index (χ0) is 14.1. The van der Waals surface area contributed by atoms with Gasteiger partial charge in [-0.2, -0.15) is 0 Å². The Morgan fingerprint density at radius 2 is 1.80 bits per heavy atom. The second kappa shape index (κ2) is 5.25. The molecule has 0 atom stereocenters. The number of fused-ring (bicyclic) bond motifs is 1. The zero-order valence-corrected chi connectivity index (χ0v) is 12.6. The number of rotatable bonds is 1. The van der Waals surface area contributed by atoms with Crippen molar-refractivity contribution in [2.45, 2.75) is 20.3 Å². The van der Waals surface area contributed by atoms with E-state index in [9.17, 15) is 0 Å². The highest BCUT2D eigenvalue weighted by atomic mass is 32.1. The van der Waals surface area contributed by atoms with Gasteiger partial charge < -0.3 is 10.2 Å². The van der Waals surface area contributed by atoms with Gasteiger partial charge in [0.05, 0.1) is 0 Å². The maximum absolute atomic E-state index is 5.57. The summed E-state index contributed by atoms with van der Waals surface area (Å²) in [5, 5.41) is 4.14. The smallest absolute Gasteiger partial charge is 0.177 e. The van der Waals surface area contributed by atoms with Gasteiger partial charge in [-0.15, -0.1) is 0 Å². The summed E-state index contributed by atoms with van der Waals surface area (Å²) in [5.74, 6) is 0. The Kier molecular flexibility index (Phi) is 3.45. The molecule has 2 aromatic rings. The molecule has 0 bridgehead atoms. The first-order chi connectivity index (χ1) is 9.63. The van der Waals surface area contributed by atoms with Crippen LogP contribution in [0, 0.1) is 13.8 Å². The number of hydrogen-bond acceptors (Lipinski definition) is 1. The van der Waals surface area contributed by atoms with Crippen LogP contribution in [0.1, 0.15) is 16.7 Å². The number of hydrogen-bond donors (Lipinski definition) is 1. The maximum atomic E-state index is 5.57. The van der Waals surface area contributed by atoms with E-state index in [-0.39, 0.29) is 0 Å². The standard InChI is InChI=1S/C17H18N2S/c1-12-9-13(2)11-15(10-12)18-17(20)19-8-7-14-5-3-4-6-16(14)19/h3-6,9-11H,7-8H2,1-2H3,(H,18,20). The van der Waals surface area contributed by atoms with Crippen LogP contribution >= 0.6 is 12.2 Å². The van der Waals surface area contributed by atoms with Gasteiger partial charge in [-0.25, -0.2) is 0 Å². The van der Waals surface area contributed by atoms with E-state index in [1.165, 1.54) is 22.4 Å². The first-order valence-corrected chi connectivity index (χ1v) is 7.29. The van der Waals surface area contributed by atoms with Crippen LogP contribution in [0.5, 0.6) is 0 Å². The van der Waals surface area contributed by atoms with Crippen molar-refractivity contribution in [2.24, 2.45) is 0 Å². The average Bonchev–Trinajstić information content (AvgIpc) is 2.81. The lowest BCUT2D eigenvalue weighted by Crippen LogP contribution is -2.33. The molecule has 0 amide bonds. The molecular formula is C17H18N2S. The molecule has 3 rings (SSSR count). The lowest BCUT2D eigenvalue weighted by atomic mass is 10.1. The summed E-state index contributed by atoms with van der Waals surface area (Å²) in [4.78, 5) is 2.18. The first kappa shape index (κ1) is 13.1. The summed E-state index contributed by atoms with van der Waals surface area (Å²) in [6.45, 7) is 5.16. The summed E-state index contributed by atoms with van der Waals surface area (Å²) in [6.07, 6.45) is 1.06. The maximum Gasteiger partial charge on any atom is 0.177 e. The number of nitrogens with zero attached hydrogens (tertiary/aromatic N) is 1. The van der Waals surface area contributed by atoms with Gasteiger partial charge in [0.1, 0.15) is 0 Å². The third-order valence-electron chi connectivity index (χ3n) is 3.61. The highest BCUT2D eigenvalue weighted by Gasteiger charge is 2.21. The molecule has 1 aliphatic heterocycles. The fourth-order valence-electron chi connectivity index (χ4n) is 2.79. The molecule has 3 heteroatoms. The normalized spacial score (nSPS) is 13.2. The van der Waals surface area contributed by atoms with Crippen molar-refractivity contribution < 1.29 is 0 Å². The van der Waals surface area contributed by atoms with Gasteiger partial charge in [0, 0.05) is 17.9 Å². The van der Waals surface area contributed by atoms with E-state index in [4.69, 9.17) is 12.2 Å². The molecule has 0 aliphatic carbocycles. The molecule has 1 heterocycles. The minimum Gasteiger partial charge on any atom is -0.332 e. The van der Waals surface area contributed by atoms with E-state index in [0.29, 0.717) is 0 Å². The lowest BCUT2D eigenvalue weighted by Gasteiger charge is -2.21. The van der Waals surface area contributed by atoms with Crippen molar-refractivity contribution in [2.75, 3.05) is 16.8 Å². The fraction of sp³-hybridized carbons (Fsp3) is 0.235. The van der Waals surface area contributed by atoms with E-state index in [0.717, 1.165) is 23.8 Å². The van der Waals surface area contributed by atoms with Crippen LogP contribution < -0.4 is 10.2 Å². The lowest BCUT2D eigenvalue weighted by molar-refractivity contribution is 1.03. The third-order valence-corrected chi connectivity index (χ3v) is 3.93. The highest BCUT2D eigenvalue weighted by Crippen LogP contribution is 2.28. The van der Waals surface area contributed by atoms with Gasteiger partial charge in [-0.1, -0.05) is 24.3 Å². The molecule has 20 heavy (non-hydrogen) atoms. The van der Waals surface area contributed by atoms with Crippen molar-refractivity contribution in [3.8, 4) is 0 Å². The van der Waals surface area contributed by atoms with Crippen LogP contribution in [0.15, 0.2) is 42.5 Å². The predicted octanol–water partition coefficient (Wildman–Crippen LogP) is 4.06. The minimum absolute atomic E-state index is 0.778. The Labute approximate surface area is 125 Å². The predicted molar refractivity (Wildman–Crippen MR) is 89.6 cm³/mol. The van der Waals surface area contributed by atoms with E-state index < -0.39 is 0 Å². The van der Waals surface area contributed by atoms with Crippen LogP contribution in [0.3, 0.4) is 0 Å². The van der Waals surface area contributed by atoms with Gasteiger partial charge in [-0.05, 0) is 67.4 Å². The Morgan fingerprint density at radius 3 is 2.55 bits per heavy atom. The van der Waals surface area contributed by atoms with Crippen LogP contribution in [0.25, 0.3) is 0 Å². The third kappa shape index (κ3) is 2.54. The molecule has 0 fully saturated rings. The molecule has 0 spiro atoms. The molecule has 0 unspecified atom stereocenters. The van der Waals surface area contributed by atoms with Crippen LogP contribution in [-0.2, 0) is 6.42 Å². The minimum atomic E-state index is 0.778. The van der Waals surface area contributed by atoms with Gasteiger partial charge in [0.2, 0.25) is 0 Å². The molecule has 0 radical (unpaired) electrons. The van der Waals surface area contributed by atoms with E-state index >= 15 is 0 Å². The Morgan fingerprint density at radius 1 is 1.10 bits per heavy atom. The van der Waals surface area contributed by atoms with Gasteiger partial charge in [-0.3, -0.25) is 0 Å². The molecule has 0 saturated heterocycles. The summed E-state index contributed by atoms with van der Waals surface area (Å²) in [6, 6.07) is 14.9. The number of anilines is 2. The fourth-order valence-corrected chi connectivity index (χ4v) is 3.09. The summed E-state index contributed by atoms with van der Waals surface area (Å²) >= 11 is 5.57. The Bertz CT molecular complexity index is 644. The number of benzene rings is 2. The summed E-state index contributed by atoms with van der Waals surface area (Å²) in [5.41, 5.74) is 6.16. The number of para-hydroxylation sites is 1. The van der Waals surface area contributed by atoms with Gasteiger partial charge in [0.15, 0.2) is 5.11 Å². The quantitative estimate of drug-likeness (QED) is 0.794. The van der Waals surface area contributed by atoms with E-state index in [2.05, 4.69) is 66.5 Å². The Balaban J connectivity index is 1.81. The van der Waals surface area contributed by atoms with Crippen LogP contribution in [0.4, 0.5) is 11.4 Å². The van der Waals surface area contributed by atoms with Crippen molar-refractivity contribution in [1.29, 1.82) is 0 Å². The topological polar surface area (TPSA) is 15.3 Å². The van der Waals surface area contributed by atoms with Crippen molar-refractivity contribution in [3.63, 3.8) is 0 Å². The second-order valence-electron chi connectivity index (χ2n) is 5.34. The SMILES string of the molecule is Cc1cc(C)cc(NC(=S)N2CCc3ccccc32)c1. The van der Waals surface area contributed by atoms with Crippen molar-refractivity contribution >= 4 is 28.7 Å². The molecule has 0 saturated carbocycles. The van der Waals surface area contributed by atoms with Crippen molar-refractivity contribution in [1.82, 2.24) is 0 Å². The van der Waals surface area contributed by atoms with Gasteiger partial charge in [0.25, 0.3) is 0 Å². The van der Waals surface area contributed by atoms with E-state index in [1.807, 2.05) is 0 Å². The molecule has 2 nitrogen and oxygen atoms in total. The largest absolute Gasteiger partial charge is 0.332 e. The average molecular weight is 282 g/mol. The molecule has 2 aromatic carbocycles. The number of thiocarbonyl (C=S) groups is 1. The second-order valence-corrected chi connectivity index (χ2v) is 5.72. The molecule has 0 aromatic heterocycles. The highest BCUT2D eigenvalue weighted by molar-refractivity contribution is 7.80. The molecule has 1 N–H and O–H groups in total.